The van der Waals surface area contributed by atoms with Crippen molar-refractivity contribution in [1.29, 1.82) is 0 Å². The number of benzene rings is 2. The number of hydrogen-bond donors (Lipinski definition) is 0. The summed E-state index contributed by atoms with van der Waals surface area (Å²) < 4.78 is 30.5. The summed E-state index contributed by atoms with van der Waals surface area (Å²) in [6, 6.07) is 13.4. The zero-order chi connectivity index (χ0) is 20.8. The second-order valence-corrected chi connectivity index (χ2v) is 13.9. The second-order valence-electron chi connectivity index (χ2n) is 6.52. The van der Waals surface area contributed by atoms with Crippen LogP contribution in [0, 0.1) is 11.6 Å². The normalized spacial score (nSPS) is 13.3. The van der Waals surface area contributed by atoms with Crippen LogP contribution in [0.5, 0.6) is 0 Å². The predicted molar refractivity (Wildman–Crippen MR) is 110 cm³/mol. The molecule has 0 saturated heterocycles. The Hall–Kier alpha value is -2.38. The molecular weight excluding hydrogens is 520 g/mol. The third-order valence-electron chi connectivity index (χ3n) is 4.42. The maximum atomic E-state index is 13.4. The first-order valence-electron chi connectivity index (χ1n) is 9.18. The molecule has 0 aliphatic carbocycles. The van der Waals surface area contributed by atoms with Gasteiger partial charge in [-0.2, -0.15) is 0 Å². The van der Waals surface area contributed by atoms with Crippen LogP contribution in [0.4, 0.5) is 8.78 Å². The fourth-order valence-electron chi connectivity index (χ4n) is 2.87. The molecule has 0 bridgehead atoms. The van der Waals surface area contributed by atoms with E-state index in [1.165, 1.54) is 24.3 Å². The third kappa shape index (κ3) is 5.61. The van der Waals surface area contributed by atoms with E-state index in [0.29, 0.717) is 13.1 Å². The molecule has 0 fully saturated rings. The Labute approximate surface area is 183 Å². The van der Waals surface area contributed by atoms with Crippen molar-refractivity contribution in [2.24, 2.45) is 0 Å². The summed E-state index contributed by atoms with van der Waals surface area (Å²) in [6.45, 7) is 1.37. The Morgan fingerprint density at radius 2 is 1.07 bits per heavy atom. The Kier molecular flexibility index (Phi) is 7.02. The number of halogens is 2. The van der Waals surface area contributed by atoms with E-state index in [9.17, 15) is 8.78 Å². The maximum absolute atomic E-state index is 13.4. The number of hydrogen-bond acceptors (Lipinski definition) is 4. The zero-order valence-electron chi connectivity index (χ0n) is 15.8. The van der Waals surface area contributed by atoms with Crippen LogP contribution < -0.4 is 0 Å². The van der Waals surface area contributed by atoms with Gasteiger partial charge in [-0.15, -0.1) is 0 Å². The molecule has 0 radical (unpaired) electrons. The summed E-state index contributed by atoms with van der Waals surface area (Å²) in [7, 11) is 0. The van der Waals surface area contributed by atoms with E-state index in [2.05, 4.69) is 20.6 Å². The van der Waals surface area contributed by atoms with Gasteiger partial charge >= 0.3 is 184 Å². The van der Waals surface area contributed by atoms with Crippen molar-refractivity contribution in [2.75, 3.05) is 0 Å². The van der Waals surface area contributed by atoms with Crippen molar-refractivity contribution in [3.8, 4) is 0 Å². The van der Waals surface area contributed by atoms with Crippen LogP contribution in [0.3, 0.4) is 0 Å². The topological polar surface area (TPSA) is 61.4 Å². The summed E-state index contributed by atoms with van der Waals surface area (Å²) in [5, 5.41) is 16.0. The van der Waals surface area contributed by atoms with Gasteiger partial charge in [0.25, 0.3) is 0 Å². The monoisotopic (exact) mass is 540 g/mol. The fourth-order valence-corrected chi connectivity index (χ4v) is 12.1. The van der Waals surface area contributed by atoms with Crippen LogP contribution in [0.25, 0.3) is 0 Å². The Balaban J connectivity index is 1.54. The van der Waals surface area contributed by atoms with Gasteiger partial charge in [-0.05, 0) is 0 Å². The molecule has 0 N–H and O–H groups in total. The van der Waals surface area contributed by atoms with E-state index in [0.717, 1.165) is 11.1 Å². The van der Waals surface area contributed by atoms with Gasteiger partial charge in [0.2, 0.25) is 0 Å². The van der Waals surface area contributed by atoms with Crippen molar-refractivity contribution in [3.05, 3.63) is 96.1 Å². The quantitative estimate of drug-likeness (QED) is 0.308. The van der Waals surface area contributed by atoms with Gasteiger partial charge < -0.3 is 0 Å². The summed E-state index contributed by atoms with van der Waals surface area (Å²) in [5.41, 5.74) is 2.18. The van der Waals surface area contributed by atoms with E-state index < -0.39 is 0 Å². The van der Waals surface area contributed by atoms with Crippen LogP contribution in [0.1, 0.15) is 20.8 Å². The van der Waals surface area contributed by atoms with Crippen molar-refractivity contribution in [2.45, 2.75) is 22.7 Å². The molecule has 0 aliphatic heterocycles. The zero-order valence-corrected chi connectivity index (χ0v) is 19.2. The van der Waals surface area contributed by atoms with Gasteiger partial charge in [0.05, 0.1) is 0 Å². The SMILES string of the molecule is Fc1ccc(C(Cn2ccnn2)[Se][Se]C(Cn2ccnn2)c2ccc(F)cc2)cc1. The molecule has 2 unspecified atom stereocenters. The molecule has 0 spiro atoms. The Morgan fingerprint density at radius 3 is 1.40 bits per heavy atom. The van der Waals surface area contributed by atoms with Crippen LogP contribution in [-0.2, 0) is 13.1 Å². The van der Waals surface area contributed by atoms with Gasteiger partial charge in [0.15, 0.2) is 0 Å². The number of aromatic nitrogens is 6. The van der Waals surface area contributed by atoms with E-state index in [-0.39, 0.29) is 47.5 Å². The molecule has 0 amide bonds. The number of rotatable bonds is 9. The summed E-state index contributed by atoms with van der Waals surface area (Å²) in [6.07, 6.45) is 7.00. The second kappa shape index (κ2) is 10.1. The molecule has 2 atom stereocenters. The van der Waals surface area contributed by atoms with Crippen LogP contribution >= 0.6 is 0 Å². The van der Waals surface area contributed by atoms with Crippen LogP contribution in [0.15, 0.2) is 73.3 Å². The molecule has 2 aromatic heterocycles. The van der Waals surface area contributed by atoms with Gasteiger partial charge in [-0.1, -0.05) is 0 Å². The average Bonchev–Trinajstić information content (AvgIpc) is 3.46. The van der Waals surface area contributed by atoms with E-state index in [1.54, 1.807) is 12.4 Å². The standard InChI is InChI=1S/C20H18F2N6Se2/c21-17-5-1-15(2-6-17)19(13-27-11-9-23-25-27)29-30-20(14-28-12-10-24-26-28)16-3-7-18(22)8-4-16/h1-12,19-20H,13-14H2. The van der Waals surface area contributed by atoms with Gasteiger partial charge in [0, 0.05) is 0 Å². The molecular formula is C20H18F2N6Se2. The molecule has 10 heteroatoms. The minimum absolute atomic E-state index is 0.219. The fraction of sp³-hybridized carbons (Fsp3) is 0.200. The molecule has 0 aliphatic rings. The summed E-state index contributed by atoms with van der Waals surface area (Å²) in [4.78, 5) is 0.442. The Morgan fingerprint density at radius 1 is 0.667 bits per heavy atom. The van der Waals surface area contributed by atoms with Crippen LogP contribution in [-0.4, -0.2) is 56.3 Å². The molecule has 2 heterocycles. The molecule has 2 aromatic carbocycles. The summed E-state index contributed by atoms with van der Waals surface area (Å²) >= 11 is 0.437. The van der Waals surface area contributed by atoms with Crippen molar-refractivity contribution in [3.63, 3.8) is 0 Å². The molecule has 4 rings (SSSR count). The molecule has 4 aromatic rings. The third-order valence-corrected chi connectivity index (χ3v) is 13.7. The van der Waals surface area contributed by atoms with Gasteiger partial charge in [-0.3, -0.25) is 0 Å². The van der Waals surface area contributed by atoms with Crippen molar-refractivity contribution in [1.82, 2.24) is 30.0 Å². The number of nitrogens with zero attached hydrogens (tertiary/aromatic N) is 6. The van der Waals surface area contributed by atoms with E-state index >= 15 is 0 Å². The predicted octanol–water partition coefficient (Wildman–Crippen LogP) is 2.65. The van der Waals surface area contributed by atoms with E-state index in [1.807, 2.05) is 46.0 Å². The Bertz CT molecular complexity index is 939. The summed E-state index contributed by atoms with van der Waals surface area (Å²) in [5.74, 6) is -0.488. The molecule has 6 nitrogen and oxygen atoms in total. The molecule has 30 heavy (non-hydrogen) atoms. The van der Waals surface area contributed by atoms with Gasteiger partial charge in [0.1, 0.15) is 0 Å². The first kappa shape index (κ1) is 20.9. The first-order valence-corrected chi connectivity index (χ1v) is 15.5. The van der Waals surface area contributed by atoms with E-state index in [4.69, 9.17) is 0 Å². The van der Waals surface area contributed by atoms with Crippen LogP contribution in [0.2, 0.25) is 0 Å². The van der Waals surface area contributed by atoms with Gasteiger partial charge in [-0.25, -0.2) is 0 Å². The van der Waals surface area contributed by atoms with Crippen molar-refractivity contribution >= 4 is 26.3 Å². The first-order chi connectivity index (χ1) is 14.7. The van der Waals surface area contributed by atoms with Crippen molar-refractivity contribution < 1.29 is 8.78 Å². The average molecular weight is 538 g/mol. The molecule has 0 saturated carbocycles. The molecule has 154 valence electrons. The minimum atomic E-state index is -0.244.